The summed E-state index contributed by atoms with van der Waals surface area (Å²) < 4.78 is 0. The van der Waals surface area contributed by atoms with Crippen LogP contribution in [0.15, 0.2) is 12.2 Å². The lowest BCUT2D eigenvalue weighted by Crippen LogP contribution is -2.63. The Morgan fingerprint density at radius 1 is 0.470 bits per heavy atom. The van der Waals surface area contributed by atoms with Gasteiger partial charge in [-0.25, -0.2) is 0 Å². The summed E-state index contributed by atoms with van der Waals surface area (Å²) in [6.07, 6.45) is 2.99. The molecular formula is C60H107N11O12. The molecule has 0 radical (unpaired) electrons. The SMILES string of the molecule is C/C=C/C[C@@H](C)[C@@H](O)[C@H]1C(=O)N[C@@H](CC)C(=O)N(C)CC(=O)N(C)[C@@H](CC)C(=O)N[C@@H](C(C)C)C(=O)N(C)[C@@H](CC(C)C)C(=O)N[C@@H](C)C(=O)N[C@H](C)C(=O)N(C)[C@@H](CC(C)C)C(=O)N(C)[C@@H](CC(C)C)C(=O)N(C)[C@@H](C(C)C)C(=O)N1C. The zero-order chi connectivity index (χ0) is 64.4. The van der Waals surface area contributed by atoms with Crippen LogP contribution in [0.4, 0.5) is 0 Å². The van der Waals surface area contributed by atoms with Gasteiger partial charge in [-0.1, -0.05) is 102 Å². The molecule has 1 fully saturated rings. The Morgan fingerprint density at radius 3 is 1.37 bits per heavy atom. The van der Waals surface area contributed by atoms with Gasteiger partial charge in [0.2, 0.25) is 65.0 Å². The van der Waals surface area contributed by atoms with Gasteiger partial charge in [-0.15, -0.1) is 0 Å². The molecule has 1 rings (SSSR count). The highest BCUT2D eigenvalue weighted by Crippen LogP contribution is 2.25. The molecule has 0 spiro atoms. The van der Waals surface area contributed by atoms with Gasteiger partial charge in [-0.2, -0.15) is 0 Å². The highest BCUT2D eigenvalue weighted by Gasteiger charge is 2.45. The van der Waals surface area contributed by atoms with Crippen molar-refractivity contribution >= 4 is 65.0 Å². The lowest BCUT2D eigenvalue weighted by Gasteiger charge is -2.41. The maximum absolute atomic E-state index is 15.1. The van der Waals surface area contributed by atoms with Crippen LogP contribution in [0.3, 0.4) is 0 Å². The van der Waals surface area contributed by atoms with Crippen molar-refractivity contribution in [2.45, 2.75) is 216 Å². The normalized spacial score (nSPS) is 27.2. The van der Waals surface area contributed by atoms with E-state index in [1.165, 1.54) is 87.7 Å². The number of carbonyl (C=O) groups excluding carboxylic acids is 11. The van der Waals surface area contributed by atoms with Crippen LogP contribution in [-0.2, 0) is 52.7 Å². The first kappa shape index (κ1) is 74.9. The fourth-order valence-electron chi connectivity index (χ4n) is 10.4. The molecular weight excluding hydrogens is 1070 g/mol. The number of allylic oxidation sites excluding steroid dienone is 2. The van der Waals surface area contributed by atoms with E-state index >= 15 is 9.59 Å². The third-order valence-corrected chi connectivity index (χ3v) is 15.8. The number of amides is 11. The molecule has 1 saturated heterocycles. The summed E-state index contributed by atoms with van der Waals surface area (Å²) >= 11 is 0. The van der Waals surface area contributed by atoms with Crippen molar-refractivity contribution in [3.8, 4) is 0 Å². The standard InChI is InChI=1S/C60H107N11O12/c1-24-27-28-38(14)50(73)49-54(77)63-41(25-2)56(79)65(17)32-46(72)66(18)42(26-3)52(75)64-47(36(10)11)59(82)67(19)43(29-33(4)5)53(76)61-39(15)51(74)62-40(16)55(78)68(20)44(30-34(6)7)57(80)69(21)45(31-35(8)9)58(81)70(22)48(37(12)13)60(83)71(49)23/h24,27,33-45,47-50,73H,25-26,28-32H2,1-23H3,(H,61,76)(H,62,74)(H,63,77)(H,64,75)/b27-24+/t38-,39+,40-,41+,42+,43+,44+,45+,47+,48+,49+,50-/m1/s1. The van der Waals surface area contributed by atoms with Crippen LogP contribution in [0, 0.1) is 35.5 Å². The van der Waals surface area contributed by atoms with Gasteiger partial charge in [0.15, 0.2) is 0 Å². The number of hydrogen-bond donors (Lipinski definition) is 5. The van der Waals surface area contributed by atoms with Crippen LogP contribution < -0.4 is 21.3 Å². The molecule has 23 nitrogen and oxygen atoms in total. The van der Waals surface area contributed by atoms with Gasteiger partial charge < -0.3 is 60.7 Å². The Labute approximate surface area is 496 Å². The highest BCUT2D eigenvalue weighted by molar-refractivity contribution is 5.99. The summed E-state index contributed by atoms with van der Waals surface area (Å²) in [7, 11) is 9.86. The smallest absolute Gasteiger partial charge is 0.246 e. The molecule has 1 aliphatic rings. The molecule has 0 aromatic heterocycles. The molecule has 0 aliphatic carbocycles. The second-order valence-electron chi connectivity index (χ2n) is 24.9. The summed E-state index contributed by atoms with van der Waals surface area (Å²) in [4.78, 5) is 167. The Balaban J connectivity index is 4.26. The molecule has 474 valence electrons. The van der Waals surface area contributed by atoms with Crippen LogP contribution in [-0.4, -0.2) is 227 Å². The zero-order valence-corrected chi connectivity index (χ0v) is 54.5. The van der Waals surface area contributed by atoms with Gasteiger partial charge in [0.25, 0.3) is 0 Å². The number of aliphatic hydroxyl groups excluding tert-OH is 1. The second-order valence-corrected chi connectivity index (χ2v) is 24.9. The van der Waals surface area contributed by atoms with E-state index in [2.05, 4.69) is 21.3 Å². The van der Waals surface area contributed by atoms with Crippen LogP contribution in [0.1, 0.15) is 149 Å². The fraction of sp³-hybridized carbons (Fsp3) is 0.783. The molecule has 0 aromatic carbocycles. The minimum Gasteiger partial charge on any atom is -0.390 e. The molecule has 0 aromatic rings. The third-order valence-electron chi connectivity index (χ3n) is 15.8. The van der Waals surface area contributed by atoms with Crippen LogP contribution in [0.25, 0.3) is 0 Å². The minimum atomic E-state index is -1.61. The van der Waals surface area contributed by atoms with Gasteiger partial charge >= 0.3 is 0 Å². The molecule has 23 heteroatoms. The van der Waals surface area contributed by atoms with Gasteiger partial charge in [-0.3, -0.25) is 52.7 Å². The van der Waals surface area contributed by atoms with E-state index in [0.717, 1.165) is 9.80 Å². The van der Waals surface area contributed by atoms with E-state index < -0.39 is 156 Å². The fourth-order valence-corrected chi connectivity index (χ4v) is 10.4. The monoisotopic (exact) mass is 1170 g/mol. The van der Waals surface area contributed by atoms with Crippen molar-refractivity contribution in [3.63, 3.8) is 0 Å². The molecule has 1 aliphatic heterocycles. The number of nitrogens with zero attached hydrogens (tertiary/aromatic N) is 7. The molecule has 0 bridgehead atoms. The number of likely N-dealkylation sites (N-methyl/N-ethyl adjacent to an activating group) is 7. The second kappa shape index (κ2) is 34.0. The number of hydrogen-bond acceptors (Lipinski definition) is 12. The van der Waals surface area contributed by atoms with Gasteiger partial charge in [0.05, 0.1) is 12.6 Å². The Bertz CT molecular complexity index is 2270. The predicted molar refractivity (Wildman–Crippen MR) is 319 cm³/mol. The van der Waals surface area contributed by atoms with Crippen molar-refractivity contribution < 1.29 is 57.8 Å². The summed E-state index contributed by atoms with van der Waals surface area (Å²) in [5.74, 6) is -9.59. The lowest BCUT2D eigenvalue weighted by molar-refractivity contribution is -0.157. The summed E-state index contributed by atoms with van der Waals surface area (Å²) in [6, 6.07) is -12.3. The molecule has 11 amide bonds. The summed E-state index contributed by atoms with van der Waals surface area (Å²) in [5, 5.41) is 22.9. The molecule has 83 heavy (non-hydrogen) atoms. The van der Waals surface area contributed by atoms with Crippen molar-refractivity contribution in [2.75, 3.05) is 55.9 Å². The lowest BCUT2D eigenvalue weighted by atomic mass is 9.91. The Morgan fingerprint density at radius 2 is 0.916 bits per heavy atom. The predicted octanol–water partition coefficient (Wildman–Crippen LogP) is 2.63. The van der Waals surface area contributed by atoms with Crippen LogP contribution >= 0.6 is 0 Å². The topological polar surface area (TPSA) is 279 Å². The largest absolute Gasteiger partial charge is 0.390 e. The first-order chi connectivity index (χ1) is 38.4. The molecule has 0 saturated carbocycles. The molecule has 5 N–H and O–H groups in total. The summed E-state index contributed by atoms with van der Waals surface area (Å²) in [6.45, 7) is 27.2. The Hall–Kier alpha value is -6.13. The molecule has 12 atom stereocenters. The van der Waals surface area contributed by atoms with E-state index in [1.54, 1.807) is 67.5 Å². The molecule has 0 unspecified atom stereocenters. The summed E-state index contributed by atoms with van der Waals surface area (Å²) in [5.41, 5.74) is 0. The highest BCUT2D eigenvalue weighted by atomic mass is 16.3. The maximum atomic E-state index is 15.1. The average Bonchev–Trinajstić information content (AvgIpc) is 3.59. The zero-order valence-electron chi connectivity index (χ0n) is 54.5. The van der Waals surface area contributed by atoms with E-state index in [-0.39, 0.29) is 49.9 Å². The first-order valence-corrected chi connectivity index (χ1v) is 29.7. The van der Waals surface area contributed by atoms with Gasteiger partial charge in [0.1, 0.15) is 60.4 Å². The van der Waals surface area contributed by atoms with Crippen molar-refractivity contribution in [1.29, 1.82) is 0 Å². The first-order valence-electron chi connectivity index (χ1n) is 29.7. The average molecular weight is 1170 g/mol. The van der Waals surface area contributed by atoms with Crippen molar-refractivity contribution in [2.24, 2.45) is 35.5 Å². The minimum absolute atomic E-state index is 0.0245. The van der Waals surface area contributed by atoms with Crippen molar-refractivity contribution in [3.05, 3.63) is 12.2 Å². The van der Waals surface area contributed by atoms with E-state index in [1.807, 2.05) is 41.5 Å². The van der Waals surface area contributed by atoms with Crippen molar-refractivity contribution in [1.82, 2.24) is 55.6 Å². The van der Waals surface area contributed by atoms with Gasteiger partial charge in [-0.05, 0) is 94.8 Å². The van der Waals surface area contributed by atoms with Crippen LogP contribution in [0.2, 0.25) is 0 Å². The third kappa shape index (κ3) is 20.6. The van der Waals surface area contributed by atoms with E-state index in [9.17, 15) is 48.3 Å². The number of aliphatic hydroxyl groups is 1. The van der Waals surface area contributed by atoms with E-state index in [4.69, 9.17) is 0 Å². The van der Waals surface area contributed by atoms with E-state index in [0.29, 0.717) is 6.42 Å². The number of carbonyl (C=O) groups is 11. The molecule has 1 heterocycles. The maximum Gasteiger partial charge on any atom is 0.246 e. The van der Waals surface area contributed by atoms with Crippen LogP contribution in [0.5, 0.6) is 0 Å². The van der Waals surface area contributed by atoms with Gasteiger partial charge in [0, 0.05) is 49.3 Å². The quantitative estimate of drug-likeness (QED) is 0.157. The Kier molecular flexibility index (Phi) is 30.7. The number of rotatable bonds is 14. The number of nitrogens with one attached hydrogen (secondary N) is 4.